The first-order valence-corrected chi connectivity index (χ1v) is 3.27. The summed E-state index contributed by atoms with van der Waals surface area (Å²) < 4.78 is 35.8. The van der Waals surface area contributed by atoms with Crippen molar-refractivity contribution in [2.24, 2.45) is 0 Å². The smallest absolute Gasteiger partial charge is 0.241 e. The predicted molar refractivity (Wildman–Crippen MR) is 35.9 cm³/mol. The lowest BCUT2D eigenvalue weighted by Crippen LogP contribution is -2.28. The van der Waals surface area contributed by atoms with Gasteiger partial charge in [0, 0.05) is 0 Å². The molecule has 1 heterocycles. The normalized spacial score (nSPS) is 11.7. The SMILES string of the molecule is O=c1cc(C(F)(F)F)[nH+]c(S)[nH]1. The fourth-order valence-corrected chi connectivity index (χ4v) is 0.862. The van der Waals surface area contributed by atoms with Crippen LogP contribution in [0.5, 0.6) is 0 Å². The fraction of sp³-hybridized carbons (Fsp3) is 0.200. The molecule has 66 valence electrons. The highest BCUT2D eigenvalue weighted by molar-refractivity contribution is 7.79. The first-order chi connectivity index (χ1) is 5.39. The fourth-order valence-electron chi connectivity index (χ4n) is 0.631. The highest BCUT2D eigenvalue weighted by Crippen LogP contribution is 2.24. The van der Waals surface area contributed by atoms with Gasteiger partial charge < -0.3 is 0 Å². The van der Waals surface area contributed by atoms with Gasteiger partial charge in [-0.15, -0.1) is 0 Å². The summed E-state index contributed by atoms with van der Waals surface area (Å²) in [4.78, 5) is 14.4. The van der Waals surface area contributed by atoms with Crippen LogP contribution in [-0.4, -0.2) is 4.98 Å². The van der Waals surface area contributed by atoms with Crippen LogP contribution in [-0.2, 0) is 6.18 Å². The predicted octanol–water partition coefficient (Wildman–Crippen LogP) is 0.497. The maximum atomic E-state index is 11.9. The zero-order valence-corrected chi connectivity index (χ0v) is 6.46. The molecule has 0 bridgehead atoms. The van der Waals surface area contributed by atoms with Crippen LogP contribution in [0.3, 0.4) is 0 Å². The summed E-state index contributed by atoms with van der Waals surface area (Å²) in [5.74, 6) is 0. The van der Waals surface area contributed by atoms with E-state index in [9.17, 15) is 18.0 Å². The van der Waals surface area contributed by atoms with E-state index in [2.05, 4.69) is 12.6 Å². The summed E-state index contributed by atoms with van der Waals surface area (Å²) in [5.41, 5.74) is -1.96. The average Bonchev–Trinajstić information content (AvgIpc) is 1.82. The first-order valence-electron chi connectivity index (χ1n) is 2.82. The number of halogens is 3. The van der Waals surface area contributed by atoms with Gasteiger partial charge in [-0.2, -0.15) is 13.2 Å². The van der Waals surface area contributed by atoms with Gasteiger partial charge >= 0.3 is 16.9 Å². The molecule has 0 saturated carbocycles. The Morgan fingerprint density at radius 1 is 1.50 bits per heavy atom. The summed E-state index contributed by atoms with van der Waals surface area (Å²) in [7, 11) is 0. The van der Waals surface area contributed by atoms with Crippen LogP contribution >= 0.6 is 12.6 Å². The second kappa shape index (κ2) is 2.81. The Bertz CT molecular complexity index is 345. The van der Waals surface area contributed by atoms with Crippen molar-refractivity contribution in [1.82, 2.24) is 4.98 Å². The van der Waals surface area contributed by atoms with Gasteiger partial charge in [-0.3, -0.25) is 0 Å². The molecule has 1 rings (SSSR count). The molecule has 0 aliphatic rings. The van der Waals surface area contributed by atoms with Crippen molar-refractivity contribution in [2.75, 3.05) is 0 Å². The third-order valence-corrected chi connectivity index (χ3v) is 1.30. The Hall–Kier alpha value is -0.980. The Balaban J connectivity index is 3.27. The van der Waals surface area contributed by atoms with Crippen LogP contribution in [0, 0.1) is 0 Å². The summed E-state index contributed by atoms with van der Waals surface area (Å²) in [6, 6.07) is 0.430. The van der Waals surface area contributed by atoms with E-state index in [0.29, 0.717) is 6.07 Å². The van der Waals surface area contributed by atoms with E-state index in [-0.39, 0.29) is 5.16 Å². The number of alkyl halides is 3. The number of aromatic amines is 2. The van der Waals surface area contributed by atoms with Crippen LogP contribution in [0.25, 0.3) is 0 Å². The molecule has 0 atom stereocenters. The molecule has 0 amide bonds. The van der Waals surface area contributed by atoms with Gasteiger partial charge in [0.25, 0.3) is 0 Å². The van der Waals surface area contributed by atoms with Crippen molar-refractivity contribution in [2.45, 2.75) is 11.3 Å². The van der Waals surface area contributed by atoms with Gasteiger partial charge in [-0.05, 0) is 0 Å². The standard InChI is InChI=1S/C5H3F3N2OS/c6-5(7,8)2-1-3(11)10-4(12)9-2/h1H,(H2,9,10,11,12)/p+1. The Morgan fingerprint density at radius 3 is 2.50 bits per heavy atom. The monoisotopic (exact) mass is 197 g/mol. The van der Waals surface area contributed by atoms with E-state index in [0.717, 1.165) is 0 Å². The van der Waals surface area contributed by atoms with Crippen molar-refractivity contribution in [1.29, 1.82) is 0 Å². The second-order valence-electron chi connectivity index (χ2n) is 2.02. The molecule has 1 aromatic heterocycles. The van der Waals surface area contributed by atoms with Crippen LogP contribution < -0.4 is 10.5 Å². The molecule has 0 fully saturated rings. The molecule has 0 radical (unpaired) electrons. The summed E-state index contributed by atoms with van der Waals surface area (Å²) >= 11 is 3.54. The summed E-state index contributed by atoms with van der Waals surface area (Å²) in [6.45, 7) is 0. The van der Waals surface area contributed by atoms with E-state index in [1.165, 1.54) is 0 Å². The van der Waals surface area contributed by atoms with Gasteiger partial charge in [0.2, 0.25) is 5.69 Å². The minimum absolute atomic E-state index is 0.227. The lowest BCUT2D eigenvalue weighted by atomic mass is 10.4. The zero-order chi connectivity index (χ0) is 9.35. The molecule has 2 N–H and O–H groups in total. The molecule has 1 aromatic rings. The molecule has 0 unspecified atom stereocenters. The third kappa shape index (κ3) is 2.00. The van der Waals surface area contributed by atoms with E-state index >= 15 is 0 Å². The Morgan fingerprint density at radius 2 is 2.08 bits per heavy atom. The van der Waals surface area contributed by atoms with Crippen molar-refractivity contribution < 1.29 is 18.2 Å². The average molecular weight is 197 g/mol. The highest BCUT2D eigenvalue weighted by Gasteiger charge is 2.36. The number of thiol groups is 1. The van der Waals surface area contributed by atoms with Crippen LogP contribution in [0.15, 0.2) is 16.0 Å². The van der Waals surface area contributed by atoms with E-state index in [1.807, 2.05) is 9.97 Å². The van der Waals surface area contributed by atoms with Crippen molar-refractivity contribution >= 4 is 12.6 Å². The molecule has 3 nitrogen and oxygen atoms in total. The van der Waals surface area contributed by atoms with E-state index in [1.54, 1.807) is 0 Å². The second-order valence-corrected chi connectivity index (χ2v) is 2.47. The van der Waals surface area contributed by atoms with Crippen LogP contribution in [0.2, 0.25) is 0 Å². The van der Waals surface area contributed by atoms with Gasteiger partial charge in [-0.25, -0.2) is 14.8 Å². The molecule has 0 aromatic carbocycles. The van der Waals surface area contributed by atoms with Gasteiger partial charge in [0.05, 0.1) is 6.07 Å². The largest absolute Gasteiger partial charge is 0.453 e. The minimum Gasteiger partial charge on any atom is -0.241 e. The number of H-pyrrole nitrogens is 2. The molecular formula is C5H4F3N2OS+. The van der Waals surface area contributed by atoms with Crippen molar-refractivity contribution in [3.05, 3.63) is 22.1 Å². The topological polar surface area (TPSA) is 47.0 Å². The molecule has 0 aliphatic heterocycles. The minimum atomic E-state index is -4.55. The van der Waals surface area contributed by atoms with Crippen molar-refractivity contribution in [3.63, 3.8) is 0 Å². The number of rotatable bonds is 0. The highest BCUT2D eigenvalue weighted by atomic mass is 32.1. The Labute approximate surface area is 70.0 Å². The number of nitrogens with one attached hydrogen (secondary N) is 2. The van der Waals surface area contributed by atoms with E-state index in [4.69, 9.17) is 0 Å². The van der Waals surface area contributed by atoms with Gasteiger partial charge in [-0.1, -0.05) is 12.6 Å². The summed E-state index contributed by atoms with van der Waals surface area (Å²) in [6.07, 6.45) is -4.55. The number of hydrogen-bond donors (Lipinski definition) is 2. The molecule has 0 saturated heterocycles. The zero-order valence-electron chi connectivity index (χ0n) is 5.57. The maximum Gasteiger partial charge on any atom is 0.453 e. The first kappa shape index (κ1) is 9.11. The Kier molecular flexibility index (Phi) is 2.14. The molecule has 12 heavy (non-hydrogen) atoms. The molecule has 0 spiro atoms. The van der Waals surface area contributed by atoms with E-state index < -0.39 is 17.4 Å². The molecular weight excluding hydrogens is 193 g/mol. The van der Waals surface area contributed by atoms with Crippen LogP contribution in [0.1, 0.15) is 5.69 Å². The van der Waals surface area contributed by atoms with Gasteiger partial charge in [0.1, 0.15) is 0 Å². The number of hydrogen-bond acceptors (Lipinski definition) is 2. The lowest BCUT2D eigenvalue weighted by molar-refractivity contribution is -0.472. The molecule has 7 heteroatoms. The van der Waals surface area contributed by atoms with Crippen LogP contribution in [0.4, 0.5) is 13.2 Å². The maximum absolute atomic E-state index is 11.9. The van der Waals surface area contributed by atoms with Gasteiger partial charge in [0.15, 0.2) is 0 Å². The lowest BCUT2D eigenvalue weighted by Gasteiger charge is -2.00. The number of aromatic nitrogens is 2. The molecule has 0 aliphatic carbocycles. The quantitative estimate of drug-likeness (QED) is 0.461. The van der Waals surface area contributed by atoms with Crippen molar-refractivity contribution in [3.8, 4) is 0 Å². The summed E-state index contributed by atoms with van der Waals surface area (Å²) in [5, 5.41) is -0.227. The third-order valence-electron chi connectivity index (χ3n) is 1.08.